The third-order valence-electron chi connectivity index (χ3n) is 3.57. The first-order chi connectivity index (χ1) is 11.5. The van der Waals surface area contributed by atoms with Crippen molar-refractivity contribution in [2.24, 2.45) is 0 Å². The summed E-state index contributed by atoms with van der Waals surface area (Å²) in [5.74, 6) is -0.112. The number of hydrogen-bond donors (Lipinski definition) is 0. The number of carbonyl (C=O) groups excluding carboxylic acids is 1. The molecule has 2 heterocycles. The van der Waals surface area contributed by atoms with Crippen LogP contribution in [0.15, 0.2) is 47.5 Å². The topological polar surface area (TPSA) is 68.4 Å². The normalized spacial score (nSPS) is 16.2. The average Bonchev–Trinajstić information content (AvgIpc) is 3.12. The number of nitrogens with zero attached hydrogens (tertiary/aromatic N) is 3. The number of aromatic nitrogens is 1. The quantitative estimate of drug-likeness (QED) is 0.361. The Morgan fingerprint density at radius 2 is 2.12 bits per heavy atom. The van der Waals surface area contributed by atoms with E-state index in [-0.39, 0.29) is 11.6 Å². The summed E-state index contributed by atoms with van der Waals surface area (Å²) in [7, 11) is 0. The highest BCUT2D eigenvalue weighted by Gasteiger charge is 2.30. The molecule has 1 aromatic carbocycles. The van der Waals surface area contributed by atoms with Crippen LogP contribution in [0, 0.1) is 10.1 Å². The first-order valence-corrected chi connectivity index (χ1v) is 8.41. The molecule has 1 saturated heterocycles. The Hall–Kier alpha value is -2.45. The number of nitro groups is 1. The highest BCUT2D eigenvalue weighted by molar-refractivity contribution is 8.26. The van der Waals surface area contributed by atoms with Crippen molar-refractivity contribution in [3.8, 4) is 5.69 Å². The second-order valence-electron chi connectivity index (χ2n) is 5.01. The van der Waals surface area contributed by atoms with Gasteiger partial charge < -0.3 is 4.57 Å². The number of non-ortho nitro benzene ring substituents is 1. The number of hydrogen-bond acceptors (Lipinski definition) is 5. The van der Waals surface area contributed by atoms with Gasteiger partial charge in [0, 0.05) is 30.6 Å². The molecule has 0 aliphatic carbocycles. The monoisotopic (exact) mass is 359 g/mol. The molecular formula is C16H13N3O3S2. The fraction of sp³-hybridized carbons (Fsp3) is 0.125. The van der Waals surface area contributed by atoms with E-state index in [4.69, 9.17) is 12.2 Å². The number of benzene rings is 1. The summed E-state index contributed by atoms with van der Waals surface area (Å²) in [6.07, 6.45) is 3.55. The molecule has 2 aromatic rings. The van der Waals surface area contributed by atoms with Gasteiger partial charge in [-0.3, -0.25) is 19.8 Å². The molecule has 1 amide bonds. The van der Waals surface area contributed by atoms with Gasteiger partial charge >= 0.3 is 0 Å². The van der Waals surface area contributed by atoms with Gasteiger partial charge in [-0.15, -0.1) is 0 Å². The first-order valence-electron chi connectivity index (χ1n) is 7.19. The lowest BCUT2D eigenvalue weighted by molar-refractivity contribution is -0.384. The van der Waals surface area contributed by atoms with Crippen molar-refractivity contribution in [2.45, 2.75) is 6.92 Å². The van der Waals surface area contributed by atoms with Gasteiger partial charge in [0.15, 0.2) is 0 Å². The van der Waals surface area contributed by atoms with Crippen molar-refractivity contribution < 1.29 is 9.72 Å². The number of nitro benzene ring substituents is 1. The van der Waals surface area contributed by atoms with Crippen LogP contribution in [-0.4, -0.2) is 31.2 Å². The molecule has 0 spiro atoms. The summed E-state index contributed by atoms with van der Waals surface area (Å²) < 4.78 is 2.34. The second kappa shape index (κ2) is 6.58. The Kier molecular flexibility index (Phi) is 4.50. The van der Waals surface area contributed by atoms with E-state index in [0.29, 0.717) is 21.5 Å². The molecule has 6 nitrogen and oxygen atoms in total. The fourth-order valence-corrected chi connectivity index (χ4v) is 3.78. The van der Waals surface area contributed by atoms with Crippen LogP contribution < -0.4 is 0 Å². The molecule has 0 atom stereocenters. The molecule has 1 aromatic heterocycles. The summed E-state index contributed by atoms with van der Waals surface area (Å²) in [6.45, 7) is 2.41. The van der Waals surface area contributed by atoms with E-state index in [0.717, 1.165) is 5.69 Å². The average molecular weight is 359 g/mol. The largest absolute Gasteiger partial charge is 0.317 e. The highest BCUT2D eigenvalue weighted by Crippen LogP contribution is 2.32. The van der Waals surface area contributed by atoms with Crippen LogP contribution in [0.4, 0.5) is 5.69 Å². The van der Waals surface area contributed by atoms with Crippen LogP contribution >= 0.6 is 24.0 Å². The minimum atomic E-state index is -0.432. The molecule has 0 bridgehead atoms. The molecule has 0 saturated carbocycles. The van der Waals surface area contributed by atoms with Crippen LogP contribution in [0.5, 0.6) is 0 Å². The summed E-state index contributed by atoms with van der Waals surface area (Å²) in [5, 5.41) is 11.0. The molecule has 1 aliphatic heterocycles. The molecule has 3 rings (SSSR count). The minimum absolute atomic E-state index is 0.0180. The second-order valence-corrected chi connectivity index (χ2v) is 6.68. The molecule has 122 valence electrons. The molecule has 0 N–H and O–H groups in total. The van der Waals surface area contributed by atoms with E-state index in [9.17, 15) is 14.9 Å². The van der Waals surface area contributed by atoms with Crippen LogP contribution in [0.2, 0.25) is 0 Å². The number of thiocarbonyl (C=S) groups is 1. The Bertz CT molecular complexity index is 873. The molecule has 1 fully saturated rings. The van der Waals surface area contributed by atoms with Gasteiger partial charge in [0.1, 0.15) is 4.32 Å². The Morgan fingerprint density at radius 1 is 1.33 bits per heavy atom. The molecule has 8 heteroatoms. The van der Waals surface area contributed by atoms with E-state index in [2.05, 4.69) is 0 Å². The lowest BCUT2D eigenvalue weighted by atomic mass is 10.2. The van der Waals surface area contributed by atoms with Crippen LogP contribution in [0.1, 0.15) is 12.6 Å². The number of carbonyl (C=O) groups is 1. The zero-order valence-corrected chi connectivity index (χ0v) is 14.3. The van der Waals surface area contributed by atoms with Gasteiger partial charge in [0.25, 0.3) is 11.6 Å². The summed E-state index contributed by atoms with van der Waals surface area (Å²) >= 11 is 6.47. The van der Waals surface area contributed by atoms with Crippen molar-refractivity contribution in [3.63, 3.8) is 0 Å². The number of rotatable bonds is 4. The molecular weight excluding hydrogens is 346 g/mol. The Balaban J connectivity index is 1.99. The number of thioether (sulfide) groups is 1. The maximum atomic E-state index is 12.3. The maximum Gasteiger partial charge on any atom is 0.271 e. The van der Waals surface area contributed by atoms with Crippen molar-refractivity contribution in [3.05, 3.63) is 63.3 Å². The third kappa shape index (κ3) is 2.98. The summed E-state index contributed by atoms with van der Waals surface area (Å²) in [6, 6.07) is 10.0. The highest BCUT2D eigenvalue weighted by atomic mass is 32.2. The van der Waals surface area contributed by atoms with E-state index >= 15 is 0 Å². The number of likely N-dealkylation sites (N-methyl/N-ethyl adjacent to an activating group) is 1. The molecule has 0 unspecified atom stereocenters. The minimum Gasteiger partial charge on any atom is -0.317 e. The van der Waals surface area contributed by atoms with Gasteiger partial charge in [-0.25, -0.2) is 0 Å². The van der Waals surface area contributed by atoms with E-state index in [1.807, 2.05) is 19.1 Å². The maximum absolute atomic E-state index is 12.3. The molecule has 24 heavy (non-hydrogen) atoms. The van der Waals surface area contributed by atoms with Crippen molar-refractivity contribution in [1.29, 1.82) is 0 Å². The Labute approximate surface area is 147 Å². The van der Waals surface area contributed by atoms with Gasteiger partial charge in [0.2, 0.25) is 0 Å². The lowest BCUT2D eigenvalue weighted by Gasteiger charge is -2.10. The number of amides is 1. The predicted molar refractivity (Wildman–Crippen MR) is 98.0 cm³/mol. The van der Waals surface area contributed by atoms with Gasteiger partial charge in [-0.1, -0.05) is 30.0 Å². The summed E-state index contributed by atoms with van der Waals surface area (Å²) in [4.78, 5) is 24.9. The van der Waals surface area contributed by atoms with Gasteiger partial charge in [0.05, 0.1) is 15.5 Å². The van der Waals surface area contributed by atoms with Crippen LogP contribution in [-0.2, 0) is 4.79 Å². The third-order valence-corrected chi connectivity index (χ3v) is 4.95. The van der Waals surface area contributed by atoms with Crippen molar-refractivity contribution in [1.82, 2.24) is 9.47 Å². The zero-order chi connectivity index (χ0) is 17.3. The van der Waals surface area contributed by atoms with Crippen molar-refractivity contribution >= 4 is 46.0 Å². The molecule has 0 radical (unpaired) electrons. The van der Waals surface area contributed by atoms with Crippen LogP contribution in [0.3, 0.4) is 0 Å². The van der Waals surface area contributed by atoms with Crippen molar-refractivity contribution in [2.75, 3.05) is 6.54 Å². The van der Waals surface area contributed by atoms with E-state index < -0.39 is 4.92 Å². The van der Waals surface area contributed by atoms with Gasteiger partial charge in [-0.05, 0) is 31.2 Å². The van der Waals surface area contributed by atoms with E-state index in [1.165, 1.54) is 23.9 Å². The smallest absolute Gasteiger partial charge is 0.271 e. The Morgan fingerprint density at radius 3 is 2.79 bits per heavy atom. The van der Waals surface area contributed by atoms with Crippen LogP contribution in [0.25, 0.3) is 11.8 Å². The standard InChI is InChI=1S/C16H13N3O3S2/c1-2-17-15(20)14(24-16(17)23)10-12-7-4-8-18(12)11-5-3-6-13(9-11)19(21)22/h3-10H,2H2,1H3. The molecule has 1 aliphatic rings. The fourth-order valence-electron chi connectivity index (χ4n) is 2.41. The van der Waals surface area contributed by atoms with Gasteiger partial charge in [-0.2, -0.15) is 0 Å². The predicted octanol–water partition coefficient (Wildman–Crippen LogP) is 3.61. The lowest BCUT2D eigenvalue weighted by Crippen LogP contribution is -2.27. The first kappa shape index (κ1) is 16.4. The van der Waals surface area contributed by atoms with E-state index in [1.54, 1.807) is 33.9 Å². The SMILES string of the molecule is CCN1C(=O)C(=Cc2cccn2-c2cccc([N+](=O)[O-])c2)SC1=S. The zero-order valence-electron chi connectivity index (χ0n) is 12.7. The summed E-state index contributed by atoms with van der Waals surface area (Å²) in [5.41, 5.74) is 1.43.